The van der Waals surface area contributed by atoms with Gasteiger partial charge in [-0.3, -0.25) is 29.8 Å². The van der Waals surface area contributed by atoms with Crippen LogP contribution >= 0.6 is 15.9 Å². The molecule has 0 fully saturated rings. The SMILES string of the molecule is C#CCOc1c(Br)cc(/C=N\NC(=O)[C@@H](CC(C)C)NC(=O)c2cc([N+](=O)[O-])cc([N+](=O)[O-])c2)cc1OC. The van der Waals surface area contributed by atoms with Crippen molar-refractivity contribution in [1.29, 1.82) is 0 Å². The molecule has 0 aromatic heterocycles. The number of hydrogen-bond acceptors (Lipinski definition) is 9. The highest BCUT2D eigenvalue weighted by atomic mass is 79.9. The summed E-state index contributed by atoms with van der Waals surface area (Å²) in [4.78, 5) is 46.2. The predicted octanol–water partition coefficient (Wildman–Crippen LogP) is 3.58. The van der Waals surface area contributed by atoms with Gasteiger partial charge in [-0.2, -0.15) is 5.10 Å². The lowest BCUT2D eigenvalue weighted by molar-refractivity contribution is -0.394. The molecule has 2 amide bonds. The van der Waals surface area contributed by atoms with Crippen molar-refractivity contribution in [3.8, 4) is 23.8 Å². The Kier molecular flexibility index (Phi) is 10.7. The number of non-ortho nitro benzene ring substituents is 2. The Morgan fingerprint density at radius 1 is 1.16 bits per heavy atom. The maximum absolute atomic E-state index is 12.8. The predicted molar refractivity (Wildman–Crippen MR) is 141 cm³/mol. The molecule has 2 N–H and O–H groups in total. The molecule has 14 heteroatoms. The van der Waals surface area contributed by atoms with E-state index >= 15 is 0 Å². The van der Waals surface area contributed by atoms with Crippen LogP contribution in [0.4, 0.5) is 11.4 Å². The Morgan fingerprint density at radius 3 is 2.32 bits per heavy atom. The van der Waals surface area contributed by atoms with Crippen LogP contribution in [-0.2, 0) is 4.79 Å². The topological polar surface area (TPSA) is 175 Å². The quantitative estimate of drug-likeness (QED) is 0.163. The lowest BCUT2D eigenvalue weighted by Gasteiger charge is -2.19. The van der Waals surface area contributed by atoms with Gasteiger partial charge >= 0.3 is 0 Å². The van der Waals surface area contributed by atoms with Crippen molar-refractivity contribution < 1.29 is 28.9 Å². The van der Waals surface area contributed by atoms with E-state index in [4.69, 9.17) is 15.9 Å². The molecular weight excluding hydrogens is 566 g/mol. The van der Waals surface area contributed by atoms with E-state index in [-0.39, 0.29) is 24.5 Å². The Balaban J connectivity index is 2.21. The number of hydrazone groups is 1. The fourth-order valence-electron chi connectivity index (χ4n) is 3.20. The fourth-order valence-corrected chi connectivity index (χ4v) is 3.77. The maximum atomic E-state index is 12.8. The number of nitro groups is 2. The number of amides is 2. The highest BCUT2D eigenvalue weighted by Gasteiger charge is 2.25. The molecule has 0 bridgehead atoms. The number of ether oxygens (including phenoxy) is 2. The summed E-state index contributed by atoms with van der Waals surface area (Å²) in [7, 11) is 1.45. The molecule has 0 aliphatic rings. The van der Waals surface area contributed by atoms with E-state index in [0.717, 1.165) is 18.2 Å². The van der Waals surface area contributed by atoms with Crippen LogP contribution < -0.4 is 20.2 Å². The van der Waals surface area contributed by atoms with Gasteiger partial charge in [-0.25, -0.2) is 5.43 Å². The van der Waals surface area contributed by atoms with Crippen molar-refractivity contribution in [2.75, 3.05) is 13.7 Å². The number of nitrogens with one attached hydrogen (secondary N) is 2. The number of methoxy groups -OCH3 is 1. The number of benzene rings is 2. The second kappa shape index (κ2) is 13.7. The van der Waals surface area contributed by atoms with Gasteiger partial charge in [0.15, 0.2) is 11.5 Å². The smallest absolute Gasteiger partial charge is 0.277 e. The molecule has 0 aliphatic heterocycles. The molecule has 2 aromatic rings. The van der Waals surface area contributed by atoms with Gasteiger partial charge in [0.25, 0.3) is 23.2 Å². The molecule has 2 aromatic carbocycles. The molecule has 200 valence electrons. The third-order valence-electron chi connectivity index (χ3n) is 4.86. The zero-order valence-corrected chi connectivity index (χ0v) is 22.2. The summed E-state index contributed by atoms with van der Waals surface area (Å²) in [5.41, 5.74) is 1.29. The first-order valence-electron chi connectivity index (χ1n) is 11.0. The molecule has 0 spiro atoms. The number of carbonyl (C=O) groups excluding carboxylic acids is 2. The van der Waals surface area contributed by atoms with Crippen LogP contribution in [0.5, 0.6) is 11.5 Å². The highest BCUT2D eigenvalue weighted by molar-refractivity contribution is 9.10. The van der Waals surface area contributed by atoms with E-state index < -0.39 is 39.1 Å². The zero-order chi connectivity index (χ0) is 28.4. The van der Waals surface area contributed by atoms with E-state index in [2.05, 4.69) is 37.7 Å². The minimum absolute atomic E-state index is 0.0328. The van der Waals surface area contributed by atoms with Gasteiger partial charge in [-0.1, -0.05) is 19.8 Å². The Morgan fingerprint density at radius 2 is 1.79 bits per heavy atom. The number of terminal acetylenes is 1. The first-order valence-corrected chi connectivity index (χ1v) is 11.8. The molecule has 0 saturated carbocycles. The van der Waals surface area contributed by atoms with Crippen LogP contribution in [0.2, 0.25) is 0 Å². The van der Waals surface area contributed by atoms with E-state index in [1.807, 2.05) is 13.8 Å². The van der Waals surface area contributed by atoms with Crippen LogP contribution in [0.25, 0.3) is 0 Å². The number of nitrogens with zero attached hydrogens (tertiary/aromatic N) is 3. The summed E-state index contributed by atoms with van der Waals surface area (Å²) in [5, 5.41) is 28.7. The zero-order valence-electron chi connectivity index (χ0n) is 20.6. The molecule has 0 saturated heterocycles. The third-order valence-corrected chi connectivity index (χ3v) is 5.44. The molecule has 0 unspecified atom stereocenters. The van der Waals surface area contributed by atoms with Gasteiger partial charge in [0.1, 0.15) is 12.6 Å². The second-order valence-electron chi connectivity index (χ2n) is 8.17. The van der Waals surface area contributed by atoms with Crippen molar-refractivity contribution in [2.45, 2.75) is 26.3 Å². The van der Waals surface area contributed by atoms with Gasteiger partial charge in [0, 0.05) is 12.1 Å². The van der Waals surface area contributed by atoms with Gasteiger partial charge in [-0.15, -0.1) is 6.42 Å². The normalized spacial score (nSPS) is 11.5. The van der Waals surface area contributed by atoms with Crippen molar-refractivity contribution in [3.63, 3.8) is 0 Å². The third kappa shape index (κ3) is 8.27. The maximum Gasteiger partial charge on any atom is 0.277 e. The van der Waals surface area contributed by atoms with Crippen molar-refractivity contribution in [3.05, 3.63) is 66.2 Å². The minimum atomic E-state index is -1.08. The van der Waals surface area contributed by atoms with Gasteiger partial charge < -0.3 is 14.8 Å². The number of hydrogen-bond donors (Lipinski definition) is 2. The average Bonchev–Trinajstić information content (AvgIpc) is 2.86. The van der Waals surface area contributed by atoms with Crippen LogP contribution in [0.15, 0.2) is 39.9 Å². The second-order valence-corrected chi connectivity index (χ2v) is 9.02. The van der Waals surface area contributed by atoms with Crippen molar-refractivity contribution >= 4 is 45.3 Å². The Hall–Kier alpha value is -4.51. The van der Waals surface area contributed by atoms with Crippen LogP contribution in [0.1, 0.15) is 36.2 Å². The summed E-state index contributed by atoms with van der Waals surface area (Å²) in [5.74, 6) is 1.54. The first-order chi connectivity index (χ1) is 18.0. The number of rotatable bonds is 12. The number of nitro benzene ring substituents is 2. The minimum Gasteiger partial charge on any atom is -0.493 e. The van der Waals surface area contributed by atoms with Crippen LogP contribution in [0.3, 0.4) is 0 Å². The van der Waals surface area contributed by atoms with E-state index in [1.54, 1.807) is 12.1 Å². The number of halogens is 1. The molecule has 0 heterocycles. The molecule has 1 atom stereocenters. The number of carbonyl (C=O) groups is 2. The van der Waals surface area contributed by atoms with Gasteiger partial charge in [0.05, 0.1) is 39.3 Å². The lowest BCUT2D eigenvalue weighted by Crippen LogP contribution is -2.46. The largest absolute Gasteiger partial charge is 0.493 e. The van der Waals surface area contributed by atoms with Crippen molar-refractivity contribution in [1.82, 2.24) is 10.7 Å². The molecule has 13 nitrogen and oxygen atoms in total. The summed E-state index contributed by atoms with van der Waals surface area (Å²) in [6.45, 7) is 3.67. The van der Waals surface area contributed by atoms with Gasteiger partial charge in [0.2, 0.25) is 0 Å². The lowest BCUT2D eigenvalue weighted by atomic mass is 10.0. The Labute approximate surface area is 226 Å². The summed E-state index contributed by atoms with van der Waals surface area (Å²) in [6, 6.07) is 4.71. The molecule has 2 rings (SSSR count). The van der Waals surface area contributed by atoms with E-state index in [1.165, 1.54) is 13.3 Å². The summed E-state index contributed by atoms with van der Waals surface area (Å²) >= 11 is 3.36. The fraction of sp³-hybridized carbons (Fsp3) is 0.292. The molecule has 0 radical (unpaired) electrons. The van der Waals surface area contributed by atoms with E-state index in [0.29, 0.717) is 21.5 Å². The first kappa shape index (κ1) is 29.7. The van der Waals surface area contributed by atoms with Crippen molar-refractivity contribution in [2.24, 2.45) is 11.0 Å². The molecule has 0 aliphatic carbocycles. The van der Waals surface area contributed by atoms with Crippen LogP contribution in [0, 0.1) is 38.5 Å². The monoisotopic (exact) mass is 589 g/mol. The summed E-state index contributed by atoms with van der Waals surface area (Å²) < 4.78 is 11.3. The molecule has 38 heavy (non-hydrogen) atoms. The standard InChI is InChI=1S/C24H24BrN5O8/c1-5-6-38-22-19(25)8-15(9-21(22)37-4)13-26-28-24(32)20(7-14(2)3)27-23(31)16-10-17(29(33)34)12-18(11-16)30(35)36/h1,8-14,20H,6-7H2,2-4H3,(H,27,31)(H,28,32)/b26-13-/t20-/m1/s1. The summed E-state index contributed by atoms with van der Waals surface area (Å²) in [6.07, 6.45) is 6.76. The highest BCUT2D eigenvalue weighted by Crippen LogP contribution is 2.36. The van der Waals surface area contributed by atoms with Crippen LogP contribution in [-0.4, -0.2) is 47.6 Å². The van der Waals surface area contributed by atoms with Gasteiger partial charge in [-0.05, 0) is 46.0 Å². The molecular formula is C24H24BrN5O8. The average molecular weight is 590 g/mol. The van der Waals surface area contributed by atoms with E-state index in [9.17, 15) is 29.8 Å². The Bertz CT molecular complexity index is 1270.